The Bertz CT molecular complexity index is 1200. The highest BCUT2D eigenvalue weighted by Gasteiger charge is 2.18. The number of rotatable bonds is 6. The van der Waals surface area contributed by atoms with E-state index in [1.54, 1.807) is 41.2 Å². The van der Waals surface area contributed by atoms with Crippen LogP contribution in [0.2, 0.25) is 0 Å². The molecule has 0 aliphatic carbocycles. The number of nitrogens with one attached hydrogen (secondary N) is 1. The predicted octanol–water partition coefficient (Wildman–Crippen LogP) is 4.48. The summed E-state index contributed by atoms with van der Waals surface area (Å²) in [5.41, 5.74) is 0.795. The van der Waals surface area contributed by atoms with Gasteiger partial charge in [0.25, 0.3) is 0 Å². The number of amides is 1. The van der Waals surface area contributed by atoms with Gasteiger partial charge >= 0.3 is 0 Å². The molecule has 2 heterocycles. The van der Waals surface area contributed by atoms with Crippen molar-refractivity contribution in [2.45, 2.75) is 5.16 Å². The fourth-order valence-corrected chi connectivity index (χ4v) is 3.55. The Kier molecular flexibility index (Phi) is 5.99. The Hall–Kier alpha value is -3.66. The average molecular weight is 441 g/mol. The van der Waals surface area contributed by atoms with Crippen LogP contribution < -0.4 is 5.32 Å². The number of aromatic nitrogens is 4. The van der Waals surface area contributed by atoms with Gasteiger partial charge in [-0.15, -0.1) is 10.2 Å². The number of hydrogen-bond acceptors (Lipinski definition) is 5. The highest BCUT2D eigenvalue weighted by Crippen LogP contribution is 2.28. The first-order chi connectivity index (χ1) is 15.0. The lowest BCUT2D eigenvalue weighted by atomic mass is 10.2. The fraction of sp³-hybridized carbons (Fsp3) is 0.0476. The summed E-state index contributed by atoms with van der Waals surface area (Å²) in [7, 11) is 0. The minimum Gasteiger partial charge on any atom is -0.320 e. The molecule has 2 aromatic heterocycles. The van der Waals surface area contributed by atoms with Crippen LogP contribution in [0, 0.1) is 17.5 Å². The molecule has 0 spiro atoms. The zero-order valence-electron chi connectivity index (χ0n) is 15.8. The first-order valence-electron chi connectivity index (χ1n) is 9.01. The second-order valence-corrected chi connectivity index (χ2v) is 7.23. The van der Waals surface area contributed by atoms with E-state index in [4.69, 9.17) is 0 Å². The molecule has 10 heteroatoms. The van der Waals surface area contributed by atoms with Crippen LogP contribution in [-0.4, -0.2) is 31.4 Å². The number of nitrogens with zero attached hydrogens (tertiary/aromatic N) is 4. The summed E-state index contributed by atoms with van der Waals surface area (Å²) in [6, 6.07) is 12.5. The Morgan fingerprint density at radius 1 is 0.935 bits per heavy atom. The molecule has 0 bridgehead atoms. The molecular weight excluding hydrogens is 427 g/mol. The third kappa shape index (κ3) is 4.58. The van der Waals surface area contributed by atoms with Gasteiger partial charge in [0, 0.05) is 23.6 Å². The van der Waals surface area contributed by atoms with Crippen LogP contribution in [0.15, 0.2) is 72.1 Å². The zero-order valence-corrected chi connectivity index (χ0v) is 16.6. The third-order valence-electron chi connectivity index (χ3n) is 4.22. The van der Waals surface area contributed by atoms with E-state index < -0.39 is 29.0 Å². The summed E-state index contributed by atoms with van der Waals surface area (Å²) in [5, 5.41) is 10.9. The number of carbonyl (C=O) groups excluding carboxylic acids is 1. The number of para-hydroxylation sites is 1. The summed E-state index contributed by atoms with van der Waals surface area (Å²) in [6.07, 6.45) is 3.20. The van der Waals surface area contributed by atoms with Crippen molar-refractivity contribution in [1.82, 2.24) is 19.7 Å². The molecule has 0 aliphatic heterocycles. The average Bonchev–Trinajstić information content (AvgIpc) is 3.20. The van der Waals surface area contributed by atoms with Gasteiger partial charge in [-0.05, 0) is 48.5 Å². The molecule has 0 saturated heterocycles. The monoisotopic (exact) mass is 441 g/mol. The van der Waals surface area contributed by atoms with Gasteiger partial charge in [0.15, 0.2) is 11.0 Å². The number of hydrogen-bond donors (Lipinski definition) is 1. The van der Waals surface area contributed by atoms with Crippen molar-refractivity contribution in [2.75, 3.05) is 11.1 Å². The molecule has 0 saturated carbocycles. The van der Waals surface area contributed by atoms with E-state index in [-0.39, 0.29) is 5.75 Å². The highest BCUT2D eigenvalue weighted by molar-refractivity contribution is 7.99. The maximum Gasteiger partial charge on any atom is 0.235 e. The summed E-state index contributed by atoms with van der Waals surface area (Å²) in [4.78, 5) is 16.3. The number of thioether (sulfide) groups is 1. The Balaban J connectivity index is 1.60. The van der Waals surface area contributed by atoms with E-state index in [1.165, 1.54) is 18.2 Å². The number of halogens is 3. The molecule has 31 heavy (non-hydrogen) atoms. The molecule has 4 rings (SSSR count). The molecule has 1 N–H and O–H groups in total. The number of pyridine rings is 1. The molecule has 0 aliphatic rings. The van der Waals surface area contributed by atoms with Gasteiger partial charge in [-0.25, -0.2) is 13.2 Å². The van der Waals surface area contributed by atoms with E-state index in [1.807, 2.05) is 0 Å². The normalized spacial score (nSPS) is 10.8. The van der Waals surface area contributed by atoms with Crippen LogP contribution in [0.1, 0.15) is 0 Å². The second kappa shape index (κ2) is 9.00. The third-order valence-corrected chi connectivity index (χ3v) is 5.15. The smallest absolute Gasteiger partial charge is 0.235 e. The van der Waals surface area contributed by atoms with Gasteiger partial charge in [-0.3, -0.25) is 14.3 Å². The molecular formula is C21H14F3N5OS. The van der Waals surface area contributed by atoms with Gasteiger partial charge in [0.2, 0.25) is 5.91 Å². The van der Waals surface area contributed by atoms with Crippen LogP contribution in [0.25, 0.3) is 17.1 Å². The summed E-state index contributed by atoms with van der Waals surface area (Å²) in [5.74, 6) is -2.46. The van der Waals surface area contributed by atoms with Crippen LogP contribution in [0.3, 0.4) is 0 Å². The fourth-order valence-electron chi connectivity index (χ4n) is 2.80. The van der Waals surface area contributed by atoms with E-state index in [2.05, 4.69) is 20.5 Å². The van der Waals surface area contributed by atoms with Crippen LogP contribution in [-0.2, 0) is 4.79 Å². The summed E-state index contributed by atoms with van der Waals surface area (Å²) < 4.78 is 42.6. The summed E-state index contributed by atoms with van der Waals surface area (Å²) in [6.45, 7) is 0. The van der Waals surface area contributed by atoms with Crippen molar-refractivity contribution in [2.24, 2.45) is 0 Å². The molecule has 4 aromatic rings. The Morgan fingerprint density at radius 2 is 1.61 bits per heavy atom. The Morgan fingerprint density at radius 3 is 2.29 bits per heavy atom. The lowest BCUT2D eigenvalue weighted by Crippen LogP contribution is -2.16. The van der Waals surface area contributed by atoms with Gasteiger partial charge in [0.1, 0.15) is 23.1 Å². The van der Waals surface area contributed by atoms with Crippen LogP contribution in [0.4, 0.5) is 18.9 Å². The second-order valence-electron chi connectivity index (χ2n) is 6.29. The minimum atomic E-state index is -0.868. The van der Waals surface area contributed by atoms with Gasteiger partial charge in [0.05, 0.1) is 5.75 Å². The van der Waals surface area contributed by atoms with Crippen molar-refractivity contribution in [3.63, 3.8) is 0 Å². The van der Waals surface area contributed by atoms with Crippen LogP contribution in [0.5, 0.6) is 0 Å². The zero-order chi connectivity index (χ0) is 21.8. The van der Waals surface area contributed by atoms with Crippen molar-refractivity contribution in [1.29, 1.82) is 0 Å². The van der Waals surface area contributed by atoms with Crippen molar-refractivity contribution in [3.05, 3.63) is 84.4 Å². The topological polar surface area (TPSA) is 72.7 Å². The summed E-state index contributed by atoms with van der Waals surface area (Å²) >= 11 is 1.02. The molecule has 2 aromatic carbocycles. The number of carbonyl (C=O) groups is 1. The lowest BCUT2D eigenvalue weighted by molar-refractivity contribution is -0.113. The van der Waals surface area contributed by atoms with E-state index >= 15 is 0 Å². The van der Waals surface area contributed by atoms with Gasteiger partial charge < -0.3 is 5.32 Å². The number of anilines is 1. The van der Waals surface area contributed by atoms with Crippen molar-refractivity contribution >= 4 is 23.4 Å². The standard InChI is InChI=1S/C21H14F3N5OS/c22-14-4-6-15(7-5-14)29-20(13-8-10-25-11-9-13)27-28-21(29)31-12-18(30)26-19-16(23)2-1-3-17(19)24/h1-11H,12H2,(H,26,30). The maximum absolute atomic E-state index is 13.8. The quantitative estimate of drug-likeness (QED) is 0.447. The largest absolute Gasteiger partial charge is 0.320 e. The first kappa shape index (κ1) is 20.6. The van der Waals surface area contributed by atoms with E-state index in [9.17, 15) is 18.0 Å². The van der Waals surface area contributed by atoms with Crippen LogP contribution >= 0.6 is 11.8 Å². The molecule has 0 radical (unpaired) electrons. The Labute approximate surface area is 179 Å². The molecule has 0 unspecified atom stereocenters. The predicted molar refractivity (Wildman–Crippen MR) is 110 cm³/mol. The molecule has 1 amide bonds. The molecule has 156 valence electrons. The van der Waals surface area contributed by atoms with Crippen molar-refractivity contribution in [3.8, 4) is 17.1 Å². The number of benzene rings is 2. The maximum atomic E-state index is 13.8. The van der Waals surface area contributed by atoms with Gasteiger partial charge in [-0.1, -0.05) is 17.8 Å². The molecule has 0 fully saturated rings. The van der Waals surface area contributed by atoms with E-state index in [0.29, 0.717) is 16.7 Å². The SMILES string of the molecule is O=C(CSc1nnc(-c2ccncc2)n1-c1ccc(F)cc1)Nc1c(F)cccc1F. The molecule has 6 nitrogen and oxygen atoms in total. The highest BCUT2D eigenvalue weighted by atomic mass is 32.2. The van der Waals surface area contributed by atoms with E-state index in [0.717, 1.165) is 29.5 Å². The first-order valence-corrected chi connectivity index (χ1v) is 10.00. The lowest BCUT2D eigenvalue weighted by Gasteiger charge is -2.11. The minimum absolute atomic E-state index is 0.177. The van der Waals surface area contributed by atoms with Crippen molar-refractivity contribution < 1.29 is 18.0 Å². The molecule has 0 atom stereocenters. The van der Waals surface area contributed by atoms with Gasteiger partial charge in [-0.2, -0.15) is 0 Å².